The first-order valence-corrected chi connectivity index (χ1v) is 7.22. The number of rotatable bonds is 3. The van der Waals surface area contributed by atoms with Crippen LogP contribution in [0.4, 0.5) is 0 Å². The fourth-order valence-corrected chi connectivity index (χ4v) is 1.63. The third-order valence-electron chi connectivity index (χ3n) is 2.85. The molecule has 4 heteroatoms. The highest BCUT2D eigenvalue weighted by atomic mass is 35.5. The largest absolute Gasteiger partial charge is 0.508 e. The first-order valence-electron chi connectivity index (χ1n) is 6.85. The average Bonchev–Trinajstić information content (AvgIpc) is 2.34. The summed E-state index contributed by atoms with van der Waals surface area (Å²) in [4.78, 5) is 12.6. The summed E-state index contributed by atoms with van der Waals surface area (Å²) in [6.45, 7) is 10.8. The van der Waals surface area contributed by atoms with E-state index in [2.05, 4.69) is 0 Å². The zero-order valence-electron chi connectivity index (χ0n) is 13.5. The first kappa shape index (κ1) is 17.6. The number of aliphatic hydroxyl groups excluding tert-OH is 1. The van der Waals surface area contributed by atoms with E-state index in [0.717, 1.165) is 0 Å². The van der Waals surface area contributed by atoms with Crippen LogP contribution in [-0.4, -0.2) is 10.9 Å². The lowest BCUT2D eigenvalue weighted by Gasteiger charge is -2.25. The van der Waals surface area contributed by atoms with Crippen molar-refractivity contribution in [3.05, 3.63) is 40.8 Å². The van der Waals surface area contributed by atoms with Crippen LogP contribution >= 0.6 is 11.6 Å². The number of benzene rings is 1. The summed E-state index contributed by atoms with van der Waals surface area (Å²) < 4.78 is 5.67. The number of carbonyl (C=O) groups excluding carboxylic acids is 1. The molecule has 0 atom stereocenters. The lowest BCUT2D eigenvalue weighted by atomic mass is 9.85. The molecular formula is C17H23ClO3. The van der Waals surface area contributed by atoms with E-state index in [-0.39, 0.29) is 17.3 Å². The van der Waals surface area contributed by atoms with Crippen LogP contribution in [0.2, 0.25) is 5.02 Å². The van der Waals surface area contributed by atoms with E-state index in [0.29, 0.717) is 10.8 Å². The molecule has 0 heterocycles. The Morgan fingerprint density at radius 1 is 1.00 bits per heavy atom. The molecule has 0 radical (unpaired) electrons. The Morgan fingerprint density at radius 2 is 1.48 bits per heavy atom. The third-order valence-corrected chi connectivity index (χ3v) is 3.10. The molecule has 1 aromatic rings. The molecule has 1 aromatic carbocycles. The number of hydrogen-bond acceptors (Lipinski definition) is 3. The van der Waals surface area contributed by atoms with Crippen LogP contribution in [0.15, 0.2) is 35.8 Å². The number of ketones is 1. The molecule has 1 rings (SSSR count). The van der Waals surface area contributed by atoms with E-state index in [1.807, 2.05) is 20.8 Å². The zero-order valence-corrected chi connectivity index (χ0v) is 14.2. The average molecular weight is 311 g/mol. The van der Waals surface area contributed by atoms with Crippen molar-refractivity contribution in [1.82, 2.24) is 0 Å². The van der Waals surface area contributed by atoms with Crippen molar-refractivity contribution < 1.29 is 14.6 Å². The molecule has 0 aliphatic rings. The number of aliphatic hydroxyl groups is 1. The van der Waals surface area contributed by atoms with Gasteiger partial charge in [0.1, 0.15) is 11.5 Å². The van der Waals surface area contributed by atoms with Crippen LogP contribution in [0, 0.1) is 10.8 Å². The van der Waals surface area contributed by atoms with E-state index < -0.39 is 10.8 Å². The zero-order chi connectivity index (χ0) is 16.4. The van der Waals surface area contributed by atoms with Gasteiger partial charge in [0.2, 0.25) is 11.5 Å². The highest BCUT2D eigenvalue weighted by Gasteiger charge is 2.33. The second-order valence-corrected chi connectivity index (χ2v) is 7.50. The molecule has 0 aliphatic carbocycles. The van der Waals surface area contributed by atoms with Gasteiger partial charge in [0.25, 0.3) is 0 Å². The number of Topliss-reactive ketones (excluding diaryl/α,β-unsaturated/α-hetero) is 1. The van der Waals surface area contributed by atoms with E-state index in [9.17, 15) is 9.90 Å². The minimum atomic E-state index is -0.652. The summed E-state index contributed by atoms with van der Waals surface area (Å²) in [7, 11) is 0. The highest BCUT2D eigenvalue weighted by Crippen LogP contribution is 2.31. The molecule has 116 valence electrons. The smallest absolute Gasteiger partial charge is 0.208 e. The van der Waals surface area contributed by atoms with Crippen LogP contribution < -0.4 is 4.74 Å². The summed E-state index contributed by atoms with van der Waals surface area (Å²) in [5.41, 5.74) is -1.23. The molecule has 0 aliphatic heterocycles. The van der Waals surface area contributed by atoms with Crippen LogP contribution in [0.1, 0.15) is 41.5 Å². The third kappa shape index (κ3) is 4.78. The standard InChI is InChI=1S/C17H23ClO3/c1-16(2,3)14(19)13(15(20)17(4,5)6)21-12-9-7-11(18)8-10-12/h7-10,19H,1-6H3/b14-13+. The number of ether oxygens (including phenoxy) is 1. The number of carbonyl (C=O) groups is 1. The van der Waals surface area contributed by atoms with Gasteiger partial charge < -0.3 is 9.84 Å². The summed E-state index contributed by atoms with van der Waals surface area (Å²) in [6, 6.07) is 6.66. The van der Waals surface area contributed by atoms with E-state index in [1.165, 1.54) is 0 Å². The normalized spacial score (nSPS) is 13.7. The summed E-state index contributed by atoms with van der Waals surface area (Å²) in [5, 5.41) is 11.0. The number of hydrogen-bond donors (Lipinski definition) is 1. The SMILES string of the molecule is CC(C)(C)C(=O)/C(Oc1ccc(Cl)cc1)=C(\O)C(C)(C)C. The van der Waals surface area contributed by atoms with Crippen molar-refractivity contribution in [2.45, 2.75) is 41.5 Å². The molecule has 0 saturated carbocycles. The number of halogens is 1. The van der Waals surface area contributed by atoms with Crippen molar-refractivity contribution in [3.8, 4) is 5.75 Å². The monoisotopic (exact) mass is 310 g/mol. The summed E-state index contributed by atoms with van der Waals surface area (Å²) >= 11 is 5.83. The Labute approximate surface area is 131 Å². The molecule has 1 N–H and O–H groups in total. The van der Waals surface area contributed by atoms with E-state index >= 15 is 0 Å². The fourth-order valence-electron chi connectivity index (χ4n) is 1.50. The Bertz CT molecular complexity index is 543. The quantitative estimate of drug-likeness (QED) is 0.620. The Balaban J connectivity index is 3.27. The summed E-state index contributed by atoms with van der Waals surface area (Å²) in [5.74, 6) is 0.141. The molecular weight excluding hydrogens is 288 g/mol. The Kier molecular flexibility index (Phi) is 5.11. The second-order valence-electron chi connectivity index (χ2n) is 7.06. The van der Waals surface area contributed by atoms with Gasteiger partial charge in [-0.3, -0.25) is 4.79 Å². The van der Waals surface area contributed by atoms with Crippen molar-refractivity contribution >= 4 is 17.4 Å². The maximum absolute atomic E-state index is 12.6. The molecule has 0 spiro atoms. The van der Waals surface area contributed by atoms with Gasteiger partial charge in [0.05, 0.1) is 0 Å². The minimum Gasteiger partial charge on any atom is -0.508 e. The molecule has 0 bridgehead atoms. The Hall–Kier alpha value is -1.48. The van der Waals surface area contributed by atoms with Gasteiger partial charge in [-0.05, 0) is 24.3 Å². The molecule has 3 nitrogen and oxygen atoms in total. The molecule has 0 aromatic heterocycles. The fraction of sp³-hybridized carbons (Fsp3) is 0.471. The van der Waals surface area contributed by atoms with Gasteiger partial charge >= 0.3 is 0 Å². The van der Waals surface area contributed by atoms with E-state index in [4.69, 9.17) is 16.3 Å². The molecule has 0 amide bonds. The molecule has 21 heavy (non-hydrogen) atoms. The van der Waals surface area contributed by atoms with Gasteiger partial charge in [-0.15, -0.1) is 0 Å². The van der Waals surface area contributed by atoms with Crippen molar-refractivity contribution in [2.24, 2.45) is 10.8 Å². The lowest BCUT2D eigenvalue weighted by molar-refractivity contribution is -0.125. The van der Waals surface area contributed by atoms with Gasteiger partial charge in [-0.1, -0.05) is 53.1 Å². The van der Waals surface area contributed by atoms with Crippen molar-refractivity contribution in [2.75, 3.05) is 0 Å². The van der Waals surface area contributed by atoms with Crippen LogP contribution in [0.25, 0.3) is 0 Å². The number of allylic oxidation sites excluding steroid dienone is 2. The van der Waals surface area contributed by atoms with Gasteiger partial charge in [0.15, 0.2) is 0 Å². The topological polar surface area (TPSA) is 46.5 Å². The van der Waals surface area contributed by atoms with Gasteiger partial charge in [-0.25, -0.2) is 0 Å². The van der Waals surface area contributed by atoms with Gasteiger partial charge in [-0.2, -0.15) is 0 Å². The second kappa shape index (κ2) is 6.10. The molecule has 0 unspecified atom stereocenters. The predicted octanol–water partition coefficient (Wildman–Crippen LogP) is 5.15. The van der Waals surface area contributed by atoms with Crippen molar-refractivity contribution in [3.63, 3.8) is 0 Å². The molecule has 0 saturated heterocycles. The van der Waals surface area contributed by atoms with Crippen LogP contribution in [0.3, 0.4) is 0 Å². The van der Waals surface area contributed by atoms with Crippen LogP contribution in [0.5, 0.6) is 5.75 Å². The minimum absolute atomic E-state index is 0.0164. The van der Waals surface area contributed by atoms with Gasteiger partial charge in [0, 0.05) is 15.9 Å². The lowest BCUT2D eigenvalue weighted by Crippen LogP contribution is -2.28. The van der Waals surface area contributed by atoms with Crippen LogP contribution in [-0.2, 0) is 4.79 Å². The van der Waals surface area contributed by atoms with Crippen molar-refractivity contribution in [1.29, 1.82) is 0 Å². The predicted molar refractivity (Wildman–Crippen MR) is 85.7 cm³/mol. The Morgan fingerprint density at radius 3 is 1.86 bits per heavy atom. The molecule has 0 fully saturated rings. The first-order chi connectivity index (χ1) is 9.43. The summed E-state index contributed by atoms with van der Waals surface area (Å²) in [6.07, 6.45) is 0. The maximum Gasteiger partial charge on any atom is 0.208 e. The van der Waals surface area contributed by atoms with E-state index in [1.54, 1.807) is 45.0 Å². The highest BCUT2D eigenvalue weighted by molar-refractivity contribution is 6.30. The maximum atomic E-state index is 12.6.